The predicted molar refractivity (Wildman–Crippen MR) is 64.1 cm³/mol. The smallest absolute Gasteiger partial charge is 0.122 e. The maximum absolute atomic E-state index is 5.58. The highest BCUT2D eigenvalue weighted by atomic mass is 16.5. The second-order valence-corrected chi connectivity index (χ2v) is 4.42. The van der Waals surface area contributed by atoms with Gasteiger partial charge in [-0.1, -0.05) is 32.1 Å². The molecule has 0 radical (unpaired) electrons. The van der Waals surface area contributed by atoms with E-state index in [4.69, 9.17) is 4.74 Å². The van der Waals surface area contributed by atoms with Crippen LogP contribution >= 0.6 is 0 Å². The van der Waals surface area contributed by atoms with Crippen LogP contribution in [0.3, 0.4) is 0 Å². The van der Waals surface area contributed by atoms with Crippen molar-refractivity contribution in [3.05, 3.63) is 35.4 Å². The Labute approximate surface area is 91.8 Å². The molecule has 80 valence electrons. The Balaban J connectivity index is 2.20. The summed E-state index contributed by atoms with van der Waals surface area (Å²) in [6, 6.07) is 6.46. The Morgan fingerprint density at radius 3 is 3.00 bits per heavy atom. The van der Waals surface area contributed by atoms with Crippen LogP contribution in [0.5, 0.6) is 5.75 Å². The third kappa shape index (κ3) is 2.62. The first-order valence-electron chi connectivity index (χ1n) is 5.69. The Hall–Kier alpha value is -1.24. The third-order valence-electron chi connectivity index (χ3n) is 2.61. The highest BCUT2D eigenvalue weighted by Crippen LogP contribution is 2.26. The van der Waals surface area contributed by atoms with Crippen LogP contribution in [0.15, 0.2) is 24.3 Å². The summed E-state index contributed by atoms with van der Waals surface area (Å²) in [5.41, 5.74) is 2.64. The molecule has 0 amide bonds. The fraction of sp³-hybridized carbons (Fsp3) is 0.429. The number of fused-ring (bicyclic) bond motifs is 1. The van der Waals surface area contributed by atoms with Gasteiger partial charge in [0.2, 0.25) is 0 Å². The van der Waals surface area contributed by atoms with Gasteiger partial charge in [-0.3, -0.25) is 0 Å². The van der Waals surface area contributed by atoms with Crippen LogP contribution in [0.25, 0.3) is 6.08 Å². The molecule has 1 aromatic carbocycles. The number of hydrogen-bond donors (Lipinski definition) is 0. The van der Waals surface area contributed by atoms with E-state index in [1.165, 1.54) is 11.1 Å². The van der Waals surface area contributed by atoms with E-state index < -0.39 is 0 Å². The minimum Gasteiger partial charge on any atom is -0.493 e. The van der Waals surface area contributed by atoms with Crippen LogP contribution in [-0.4, -0.2) is 6.61 Å². The summed E-state index contributed by atoms with van der Waals surface area (Å²) in [5, 5.41) is 0. The molecule has 0 bridgehead atoms. The van der Waals surface area contributed by atoms with E-state index in [2.05, 4.69) is 44.2 Å². The lowest BCUT2D eigenvalue weighted by Gasteiger charge is -2.17. The van der Waals surface area contributed by atoms with Gasteiger partial charge in [0.05, 0.1) is 6.61 Å². The first kappa shape index (κ1) is 10.3. The van der Waals surface area contributed by atoms with Crippen LogP contribution in [0.1, 0.15) is 31.4 Å². The van der Waals surface area contributed by atoms with Crippen LogP contribution in [0.2, 0.25) is 0 Å². The lowest BCUT2D eigenvalue weighted by Crippen LogP contribution is -2.08. The number of rotatable bonds is 2. The van der Waals surface area contributed by atoms with Gasteiger partial charge in [-0.05, 0) is 42.0 Å². The molecule has 0 unspecified atom stereocenters. The fourth-order valence-corrected chi connectivity index (χ4v) is 1.79. The predicted octanol–water partition coefficient (Wildman–Crippen LogP) is 3.68. The summed E-state index contributed by atoms with van der Waals surface area (Å²) in [6.07, 6.45) is 6.72. The van der Waals surface area contributed by atoms with E-state index in [0.717, 1.165) is 25.2 Å². The molecule has 0 aromatic heterocycles. The number of benzene rings is 1. The van der Waals surface area contributed by atoms with Crippen LogP contribution in [-0.2, 0) is 6.42 Å². The van der Waals surface area contributed by atoms with Crippen molar-refractivity contribution in [2.24, 2.45) is 5.92 Å². The summed E-state index contributed by atoms with van der Waals surface area (Å²) < 4.78 is 5.58. The number of hydrogen-bond acceptors (Lipinski definition) is 1. The van der Waals surface area contributed by atoms with E-state index in [9.17, 15) is 0 Å². The van der Waals surface area contributed by atoms with E-state index in [1.54, 1.807) is 0 Å². The van der Waals surface area contributed by atoms with Crippen LogP contribution in [0, 0.1) is 5.92 Å². The fourth-order valence-electron chi connectivity index (χ4n) is 1.79. The van der Waals surface area contributed by atoms with Crippen molar-refractivity contribution in [1.82, 2.24) is 0 Å². The second kappa shape index (κ2) is 4.52. The average Bonchev–Trinajstić information content (AvgIpc) is 2.26. The Kier molecular flexibility index (Phi) is 3.10. The lowest BCUT2D eigenvalue weighted by atomic mass is 10.0. The Bertz CT molecular complexity index is 364. The molecule has 0 aliphatic carbocycles. The van der Waals surface area contributed by atoms with Crippen molar-refractivity contribution >= 4 is 6.08 Å². The SMILES string of the molecule is CC(C)C=Cc1ccc2c(c1)CCCO2. The molecule has 1 aromatic rings. The second-order valence-electron chi connectivity index (χ2n) is 4.42. The molecule has 1 aliphatic rings. The largest absolute Gasteiger partial charge is 0.493 e. The van der Waals surface area contributed by atoms with Gasteiger partial charge >= 0.3 is 0 Å². The standard InChI is InChI=1S/C14H18O/c1-11(2)5-6-12-7-8-14-13(10-12)4-3-9-15-14/h5-8,10-11H,3-4,9H2,1-2H3. The van der Waals surface area contributed by atoms with Crippen molar-refractivity contribution in [1.29, 1.82) is 0 Å². The van der Waals surface area contributed by atoms with Gasteiger partial charge in [-0.15, -0.1) is 0 Å². The van der Waals surface area contributed by atoms with Crippen molar-refractivity contribution in [2.45, 2.75) is 26.7 Å². The molecule has 0 atom stereocenters. The van der Waals surface area contributed by atoms with Crippen molar-refractivity contribution in [3.63, 3.8) is 0 Å². The van der Waals surface area contributed by atoms with E-state index in [1.807, 2.05) is 0 Å². The number of allylic oxidation sites excluding steroid dienone is 1. The minimum atomic E-state index is 0.609. The monoisotopic (exact) mass is 202 g/mol. The van der Waals surface area contributed by atoms with Gasteiger partial charge in [-0.25, -0.2) is 0 Å². The molecule has 0 spiro atoms. The van der Waals surface area contributed by atoms with Gasteiger partial charge in [-0.2, -0.15) is 0 Å². The average molecular weight is 202 g/mol. The van der Waals surface area contributed by atoms with E-state index in [0.29, 0.717) is 5.92 Å². The van der Waals surface area contributed by atoms with Crippen LogP contribution < -0.4 is 4.74 Å². The molecule has 1 heteroatoms. The molecule has 1 aliphatic heterocycles. The molecule has 0 saturated carbocycles. The van der Waals surface area contributed by atoms with Gasteiger partial charge in [0, 0.05) is 0 Å². The van der Waals surface area contributed by atoms with Gasteiger partial charge in [0.25, 0.3) is 0 Å². The first-order chi connectivity index (χ1) is 7.25. The topological polar surface area (TPSA) is 9.23 Å². The van der Waals surface area contributed by atoms with Gasteiger partial charge in [0.15, 0.2) is 0 Å². The zero-order valence-electron chi connectivity index (χ0n) is 9.49. The lowest BCUT2D eigenvalue weighted by molar-refractivity contribution is 0.288. The molecule has 0 saturated heterocycles. The molecular weight excluding hydrogens is 184 g/mol. The van der Waals surface area contributed by atoms with E-state index in [-0.39, 0.29) is 0 Å². The summed E-state index contributed by atoms with van der Waals surface area (Å²) in [4.78, 5) is 0. The summed E-state index contributed by atoms with van der Waals surface area (Å²) in [6.45, 7) is 5.25. The first-order valence-corrected chi connectivity index (χ1v) is 5.69. The number of aryl methyl sites for hydroxylation is 1. The molecule has 15 heavy (non-hydrogen) atoms. The van der Waals surface area contributed by atoms with Crippen molar-refractivity contribution in [3.8, 4) is 5.75 Å². The molecule has 2 rings (SSSR count). The van der Waals surface area contributed by atoms with Crippen LogP contribution in [0.4, 0.5) is 0 Å². The Morgan fingerprint density at radius 2 is 2.20 bits per heavy atom. The van der Waals surface area contributed by atoms with Gasteiger partial charge in [0.1, 0.15) is 5.75 Å². The molecule has 1 nitrogen and oxygen atoms in total. The number of ether oxygens (including phenoxy) is 1. The minimum absolute atomic E-state index is 0.609. The van der Waals surface area contributed by atoms with Crippen molar-refractivity contribution < 1.29 is 4.74 Å². The molecule has 0 fully saturated rings. The highest BCUT2D eigenvalue weighted by Gasteiger charge is 2.09. The zero-order valence-corrected chi connectivity index (χ0v) is 9.49. The van der Waals surface area contributed by atoms with Crippen molar-refractivity contribution in [2.75, 3.05) is 6.61 Å². The highest BCUT2D eigenvalue weighted by molar-refractivity contribution is 5.53. The molecule has 0 N–H and O–H groups in total. The third-order valence-corrected chi connectivity index (χ3v) is 2.61. The summed E-state index contributed by atoms with van der Waals surface area (Å²) in [7, 11) is 0. The summed E-state index contributed by atoms with van der Waals surface area (Å²) >= 11 is 0. The molecule has 1 heterocycles. The molecular formula is C14H18O. The maximum Gasteiger partial charge on any atom is 0.122 e. The summed E-state index contributed by atoms with van der Waals surface area (Å²) in [5.74, 6) is 1.68. The van der Waals surface area contributed by atoms with E-state index >= 15 is 0 Å². The quantitative estimate of drug-likeness (QED) is 0.710. The van der Waals surface area contributed by atoms with Gasteiger partial charge < -0.3 is 4.74 Å². The maximum atomic E-state index is 5.58. The zero-order chi connectivity index (χ0) is 10.7. The normalized spacial score (nSPS) is 15.4. The Morgan fingerprint density at radius 1 is 1.33 bits per heavy atom.